The van der Waals surface area contributed by atoms with E-state index in [1.54, 1.807) is 6.33 Å². The summed E-state index contributed by atoms with van der Waals surface area (Å²) in [7, 11) is 0. The largest absolute Gasteiger partial charge is 0.348 e. The summed E-state index contributed by atoms with van der Waals surface area (Å²) in [6.45, 7) is 3.24. The number of aryl methyl sites for hydroxylation is 1. The average Bonchev–Trinajstić information content (AvgIpc) is 3.27. The van der Waals surface area contributed by atoms with E-state index in [2.05, 4.69) is 52.4 Å². The van der Waals surface area contributed by atoms with Gasteiger partial charge in [-0.05, 0) is 30.5 Å². The lowest BCUT2D eigenvalue weighted by Crippen LogP contribution is -2.41. The highest BCUT2D eigenvalue weighted by molar-refractivity contribution is 5.96. The Morgan fingerprint density at radius 1 is 1.07 bits per heavy atom. The summed E-state index contributed by atoms with van der Waals surface area (Å²) >= 11 is 0. The lowest BCUT2D eigenvalue weighted by atomic mass is 10.00. The third-order valence-corrected chi connectivity index (χ3v) is 5.67. The Bertz CT molecular complexity index is 1160. The molecule has 28 heavy (non-hydrogen) atoms. The van der Waals surface area contributed by atoms with Crippen molar-refractivity contribution >= 4 is 16.9 Å². The van der Waals surface area contributed by atoms with Gasteiger partial charge < -0.3 is 9.88 Å². The number of carbonyl (C=O) groups excluding carboxylic acids is 1. The topological polar surface area (TPSA) is 53.9 Å². The fraction of sp³-hybridized carbons (Fsp3) is 0.217. The van der Waals surface area contributed by atoms with Gasteiger partial charge in [0.25, 0.3) is 0 Å². The van der Waals surface area contributed by atoms with Crippen molar-refractivity contribution in [2.75, 3.05) is 6.54 Å². The molecule has 1 aliphatic rings. The molecular formula is C23H22N4O. The molecule has 0 saturated carbocycles. The van der Waals surface area contributed by atoms with Crippen LogP contribution in [0.1, 0.15) is 28.2 Å². The van der Waals surface area contributed by atoms with Crippen LogP contribution in [0.5, 0.6) is 0 Å². The molecule has 0 fully saturated rings. The van der Waals surface area contributed by atoms with Crippen molar-refractivity contribution in [2.45, 2.75) is 26.3 Å². The summed E-state index contributed by atoms with van der Waals surface area (Å²) in [6.07, 6.45) is 3.38. The molecule has 140 valence electrons. The van der Waals surface area contributed by atoms with E-state index in [1.165, 1.54) is 16.5 Å². The van der Waals surface area contributed by atoms with Gasteiger partial charge in [0, 0.05) is 29.7 Å². The van der Waals surface area contributed by atoms with Gasteiger partial charge in [0.05, 0.1) is 24.1 Å². The third-order valence-electron chi connectivity index (χ3n) is 5.67. The minimum absolute atomic E-state index is 0.0409. The van der Waals surface area contributed by atoms with Crippen molar-refractivity contribution in [1.82, 2.24) is 19.4 Å². The Kier molecular flexibility index (Phi) is 4.01. The Balaban J connectivity index is 1.57. The van der Waals surface area contributed by atoms with Gasteiger partial charge in [-0.2, -0.15) is 0 Å². The summed E-state index contributed by atoms with van der Waals surface area (Å²) in [5.41, 5.74) is 6.62. The predicted octanol–water partition coefficient (Wildman–Crippen LogP) is 4.29. The smallest absolute Gasteiger partial charge is 0.329 e. The third kappa shape index (κ3) is 2.71. The Morgan fingerprint density at radius 2 is 1.86 bits per heavy atom. The van der Waals surface area contributed by atoms with Gasteiger partial charge in [-0.3, -0.25) is 4.57 Å². The number of nitrogens with zero attached hydrogens (tertiary/aromatic N) is 3. The first kappa shape index (κ1) is 16.8. The molecule has 1 amide bonds. The second-order valence-corrected chi connectivity index (χ2v) is 7.37. The zero-order valence-electron chi connectivity index (χ0n) is 15.9. The van der Waals surface area contributed by atoms with Crippen LogP contribution in [0.15, 0.2) is 60.9 Å². The molecule has 5 nitrogen and oxygen atoms in total. The molecule has 4 aromatic rings. The van der Waals surface area contributed by atoms with E-state index in [0.29, 0.717) is 13.1 Å². The van der Waals surface area contributed by atoms with Crippen molar-refractivity contribution in [3.8, 4) is 0 Å². The first-order valence-corrected chi connectivity index (χ1v) is 9.65. The number of aromatic nitrogens is 3. The van der Waals surface area contributed by atoms with Crippen molar-refractivity contribution in [2.24, 2.45) is 0 Å². The fourth-order valence-electron chi connectivity index (χ4n) is 4.19. The standard InChI is InChI=1S/C23H22N4O/c1-16-20(25-15-24-16)14-26-12-11-22-19(13-17-7-3-2-4-8-17)18-9-5-6-10-21(18)27(22)23(26)28/h2-10,15H,11-14H2,1H3,(H,24,25). The van der Waals surface area contributed by atoms with Crippen LogP contribution in [0.3, 0.4) is 0 Å². The molecule has 0 atom stereocenters. The normalized spacial score (nSPS) is 13.9. The highest BCUT2D eigenvalue weighted by atomic mass is 16.2. The van der Waals surface area contributed by atoms with Crippen LogP contribution in [0.4, 0.5) is 4.79 Å². The summed E-state index contributed by atoms with van der Waals surface area (Å²) in [6, 6.07) is 18.8. The second kappa shape index (κ2) is 6.68. The maximum absolute atomic E-state index is 13.4. The summed E-state index contributed by atoms with van der Waals surface area (Å²) < 4.78 is 1.92. The Hall–Kier alpha value is -3.34. The van der Waals surface area contributed by atoms with E-state index < -0.39 is 0 Å². The molecule has 3 heterocycles. The number of carbonyl (C=O) groups is 1. The van der Waals surface area contributed by atoms with E-state index in [0.717, 1.165) is 35.4 Å². The Morgan fingerprint density at radius 3 is 2.64 bits per heavy atom. The molecule has 1 aliphatic heterocycles. The quantitative estimate of drug-likeness (QED) is 0.583. The number of aromatic amines is 1. The van der Waals surface area contributed by atoms with Gasteiger partial charge in [-0.1, -0.05) is 48.5 Å². The molecule has 0 bridgehead atoms. The SMILES string of the molecule is Cc1[nH]cnc1CN1CCc2c(Cc3ccccc3)c3ccccc3n2C1=O. The maximum atomic E-state index is 13.4. The first-order chi connectivity index (χ1) is 13.7. The average molecular weight is 370 g/mol. The minimum atomic E-state index is 0.0409. The number of rotatable bonds is 4. The Labute approximate surface area is 163 Å². The second-order valence-electron chi connectivity index (χ2n) is 7.37. The lowest BCUT2D eigenvalue weighted by Gasteiger charge is -2.29. The molecule has 5 heteroatoms. The van der Waals surface area contributed by atoms with Crippen LogP contribution < -0.4 is 0 Å². The fourth-order valence-corrected chi connectivity index (χ4v) is 4.19. The van der Waals surface area contributed by atoms with Crippen LogP contribution >= 0.6 is 0 Å². The van der Waals surface area contributed by atoms with Crippen molar-refractivity contribution < 1.29 is 4.79 Å². The van der Waals surface area contributed by atoms with Gasteiger partial charge in [0.1, 0.15) is 0 Å². The molecule has 0 radical (unpaired) electrons. The van der Waals surface area contributed by atoms with Crippen LogP contribution in [-0.2, 0) is 19.4 Å². The van der Waals surface area contributed by atoms with Crippen LogP contribution in [0, 0.1) is 6.92 Å². The maximum Gasteiger partial charge on any atom is 0.329 e. The summed E-state index contributed by atoms with van der Waals surface area (Å²) in [4.78, 5) is 22.7. The van der Waals surface area contributed by atoms with Gasteiger partial charge in [0.15, 0.2) is 0 Å². The number of hydrogen-bond donors (Lipinski definition) is 1. The molecule has 2 aromatic carbocycles. The number of nitrogens with one attached hydrogen (secondary N) is 1. The molecule has 0 spiro atoms. The number of benzene rings is 2. The first-order valence-electron chi connectivity index (χ1n) is 9.65. The number of imidazole rings is 1. The highest BCUT2D eigenvalue weighted by Gasteiger charge is 2.29. The van der Waals surface area contributed by atoms with Gasteiger partial charge in [-0.15, -0.1) is 0 Å². The van der Waals surface area contributed by atoms with Crippen LogP contribution in [-0.4, -0.2) is 32.0 Å². The van der Waals surface area contributed by atoms with E-state index >= 15 is 0 Å². The van der Waals surface area contributed by atoms with E-state index in [1.807, 2.05) is 28.5 Å². The number of hydrogen-bond acceptors (Lipinski definition) is 2. The summed E-state index contributed by atoms with van der Waals surface area (Å²) in [5, 5.41) is 1.17. The number of fused-ring (bicyclic) bond motifs is 3. The molecule has 2 aromatic heterocycles. The molecule has 0 saturated heterocycles. The monoisotopic (exact) mass is 370 g/mol. The van der Waals surface area contributed by atoms with E-state index in [9.17, 15) is 4.79 Å². The zero-order valence-corrected chi connectivity index (χ0v) is 15.9. The molecule has 5 rings (SSSR count). The van der Waals surface area contributed by atoms with Crippen molar-refractivity contribution in [3.05, 3.63) is 89.1 Å². The van der Waals surface area contributed by atoms with Gasteiger partial charge >= 0.3 is 6.03 Å². The molecular weight excluding hydrogens is 348 g/mol. The number of H-pyrrole nitrogens is 1. The van der Waals surface area contributed by atoms with Crippen LogP contribution in [0.25, 0.3) is 10.9 Å². The van der Waals surface area contributed by atoms with Gasteiger partial charge in [0.2, 0.25) is 0 Å². The predicted molar refractivity (Wildman–Crippen MR) is 109 cm³/mol. The summed E-state index contributed by atoms with van der Waals surface area (Å²) in [5.74, 6) is 0. The molecule has 0 aliphatic carbocycles. The van der Waals surface area contributed by atoms with E-state index in [4.69, 9.17) is 0 Å². The van der Waals surface area contributed by atoms with Crippen LogP contribution in [0.2, 0.25) is 0 Å². The lowest BCUT2D eigenvalue weighted by molar-refractivity contribution is 0.190. The molecule has 0 unspecified atom stereocenters. The highest BCUT2D eigenvalue weighted by Crippen LogP contribution is 2.32. The molecule has 1 N–H and O–H groups in total. The van der Waals surface area contributed by atoms with E-state index in [-0.39, 0.29) is 6.03 Å². The van der Waals surface area contributed by atoms with Gasteiger partial charge in [-0.25, -0.2) is 9.78 Å². The minimum Gasteiger partial charge on any atom is -0.348 e. The van der Waals surface area contributed by atoms with Crippen molar-refractivity contribution in [3.63, 3.8) is 0 Å². The van der Waals surface area contributed by atoms with Crippen molar-refractivity contribution in [1.29, 1.82) is 0 Å². The zero-order chi connectivity index (χ0) is 19.1. The number of para-hydroxylation sites is 1. The number of amides is 1.